The average molecular weight is 319 g/mol. The van der Waals surface area contributed by atoms with E-state index in [0.717, 1.165) is 11.1 Å². The number of rotatable bonds is 5. The van der Waals surface area contributed by atoms with Gasteiger partial charge in [-0.05, 0) is 36.8 Å². The van der Waals surface area contributed by atoms with E-state index >= 15 is 0 Å². The summed E-state index contributed by atoms with van der Waals surface area (Å²) in [6.07, 6.45) is 0.0110. The Balaban J connectivity index is 2.08. The number of carbonyl (C=O) groups excluding carboxylic acids is 1. The quantitative estimate of drug-likeness (QED) is 0.915. The van der Waals surface area contributed by atoms with Gasteiger partial charge in [-0.1, -0.05) is 29.8 Å². The van der Waals surface area contributed by atoms with Crippen molar-refractivity contribution < 1.29 is 17.9 Å². The Labute approximate surface area is 130 Å². The fraction of sp³-hybridized carbons (Fsp3) is 0.188. The molecular weight excluding hydrogens is 302 g/mol. The van der Waals surface area contributed by atoms with Crippen molar-refractivity contribution in [2.45, 2.75) is 18.2 Å². The lowest BCUT2D eigenvalue weighted by atomic mass is 10.1. The zero-order chi connectivity index (χ0) is 16.2. The van der Waals surface area contributed by atoms with E-state index in [1.807, 2.05) is 25.1 Å². The number of hydrogen-bond donors (Lipinski definition) is 1. The molecule has 0 aliphatic rings. The van der Waals surface area contributed by atoms with Crippen LogP contribution < -0.4 is 9.46 Å². The summed E-state index contributed by atoms with van der Waals surface area (Å²) in [5, 5.41) is 0. The van der Waals surface area contributed by atoms with Crippen LogP contribution in [0.3, 0.4) is 0 Å². The maximum absolute atomic E-state index is 12.1. The predicted octanol–water partition coefficient (Wildman–Crippen LogP) is 2.05. The first-order valence-corrected chi connectivity index (χ1v) is 8.14. The molecule has 0 unspecified atom stereocenters. The number of hydrogen-bond acceptors (Lipinski definition) is 4. The maximum Gasteiger partial charge on any atom is 0.264 e. The third-order valence-electron chi connectivity index (χ3n) is 3.07. The van der Waals surface area contributed by atoms with E-state index in [4.69, 9.17) is 4.74 Å². The smallest absolute Gasteiger partial charge is 0.264 e. The van der Waals surface area contributed by atoms with E-state index in [9.17, 15) is 13.2 Å². The first-order chi connectivity index (χ1) is 10.4. The Bertz CT molecular complexity index is 767. The molecule has 5 nitrogen and oxygen atoms in total. The van der Waals surface area contributed by atoms with Gasteiger partial charge in [0, 0.05) is 0 Å². The predicted molar refractivity (Wildman–Crippen MR) is 83.2 cm³/mol. The van der Waals surface area contributed by atoms with Crippen LogP contribution in [-0.4, -0.2) is 21.4 Å². The summed E-state index contributed by atoms with van der Waals surface area (Å²) in [5.74, 6) is -0.0218. The Kier molecular flexibility index (Phi) is 4.82. The number of aryl methyl sites for hydroxylation is 1. The molecule has 6 heteroatoms. The average Bonchev–Trinajstić information content (AvgIpc) is 2.46. The maximum atomic E-state index is 12.1. The van der Waals surface area contributed by atoms with Crippen molar-refractivity contribution in [3.8, 4) is 5.75 Å². The zero-order valence-electron chi connectivity index (χ0n) is 12.4. The molecule has 2 aromatic rings. The van der Waals surface area contributed by atoms with Crippen LogP contribution in [0.25, 0.3) is 0 Å². The van der Waals surface area contributed by atoms with Crippen LogP contribution in [0.2, 0.25) is 0 Å². The Morgan fingerprint density at radius 1 is 1.14 bits per heavy atom. The fourth-order valence-corrected chi connectivity index (χ4v) is 2.99. The van der Waals surface area contributed by atoms with E-state index in [-0.39, 0.29) is 11.3 Å². The number of benzene rings is 2. The van der Waals surface area contributed by atoms with Crippen molar-refractivity contribution in [3.05, 3.63) is 59.7 Å². The van der Waals surface area contributed by atoms with E-state index in [0.29, 0.717) is 5.75 Å². The molecule has 0 aromatic heterocycles. The number of ether oxygens (including phenoxy) is 1. The lowest BCUT2D eigenvalue weighted by molar-refractivity contribution is -0.118. The number of methoxy groups -OCH3 is 1. The fourth-order valence-electron chi connectivity index (χ4n) is 2.01. The molecule has 0 saturated carbocycles. The van der Waals surface area contributed by atoms with Gasteiger partial charge < -0.3 is 4.74 Å². The van der Waals surface area contributed by atoms with Gasteiger partial charge in [-0.2, -0.15) is 0 Å². The van der Waals surface area contributed by atoms with Crippen LogP contribution in [0, 0.1) is 6.92 Å². The van der Waals surface area contributed by atoms with Gasteiger partial charge in [0.2, 0.25) is 5.91 Å². The molecular formula is C16H17NO4S. The molecule has 1 amide bonds. The van der Waals surface area contributed by atoms with Gasteiger partial charge in [0.1, 0.15) is 5.75 Å². The summed E-state index contributed by atoms with van der Waals surface area (Å²) in [5.41, 5.74) is 1.78. The molecule has 22 heavy (non-hydrogen) atoms. The minimum atomic E-state index is -3.87. The minimum absolute atomic E-state index is 0.0110. The number of nitrogens with one attached hydrogen (secondary N) is 1. The molecule has 0 atom stereocenters. The highest BCUT2D eigenvalue weighted by Crippen LogP contribution is 2.15. The van der Waals surface area contributed by atoms with Gasteiger partial charge in [-0.3, -0.25) is 4.79 Å². The molecule has 116 valence electrons. The molecule has 1 N–H and O–H groups in total. The third kappa shape index (κ3) is 4.08. The lowest BCUT2D eigenvalue weighted by Gasteiger charge is -2.08. The molecule has 0 radical (unpaired) electrons. The van der Waals surface area contributed by atoms with Gasteiger partial charge in [-0.25, -0.2) is 13.1 Å². The van der Waals surface area contributed by atoms with E-state index < -0.39 is 15.9 Å². The van der Waals surface area contributed by atoms with E-state index in [2.05, 4.69) is 4.72 Å². The van der Waals surface area contributed by atoms with Crippen molar-refractivity contribution in [3.63, 3.8) is 0 Å². The van der Waals surface area contributed by atoms with Crippen molar-refractivity contribution in [2.75, 3.05) is 7.11 Å². The lowest BCUT2D eigenvalue weighted by Crippen LogP contribution is -2.31. The van der Waals surface area contributed by atoms with Crippen molar-refractivity contribution in [2.24, 2.45) is 0 Å². The van der Waals surface area contributed by atoms with Crippen LogP contribution in [0.1, 0.15) is 11.1 Å². The minimum Gasteiger partial charge on any atom is -0.497 e. The highest BCUT2D eigenvalue weighted by molar-refractivity contribution is 7.90. The normalized spacial score (nSPS) is 11.0. The Hall–Kier alpha value is -2.34. The Morgan fingerprint density at radius 2 is 1.82 bits per heavy atom. The van der Waals surface area contributed by atoms with Gasteiger partial charge in [0.15, 0.2) is 0 Å². The van der Waals surface area contributed by atoms with Crippen LogP contribution in [-0.2, 0) is 21.2 Å². The van der Waals surface area contributed by atoms with Crippen LogP contribution in [0.15, 0.2) is 53.4 Å². The number of carbonyl (C=O) groups is 1. The summed E-state index contributed by atoms with van der Waals surface area (Å²) in [7, 11) is -2.38. The zero-order valence-corrected chi connectivity index (χ0v) is 13.2. The summed E-state index contributed by atoms with van der Waals surface area (Å²) >= 11 is 0. The second-order valence-corrected chi connectivity index (χ2v) is 6.55. The first-order valence-electron chi connectivity index (χ1n) is 6.66. The van der Waals surface area contributed by atoms with Crippen LogP contribution >= 0.6 is 0 Å². The van der Waals surface area contributed by atoms with Crippen molar-refractivity contribution in [1.29, 1.82) is 0 Å². The number of amides is 1. The van der Waals surface area contributed by atoms with Crippen LogP contribution in [0.5, 0.6) is 5.75 Å². The summed E-state index contributed by atoms with van der Waals surface area (Å²) < 4.78 is 31.3. The second-order valence-electron chi connectivity index (χ2n) is 4.87. The summed E-state index contributed by atoms with van der Waals surface area (Å²) in [4.78, 5) is 11.9. The van der Waals surface area contributed by atoms with Gasteiger partial charge in [-0.15, -0.1) is 0 Å². The molecule has 0 fully saturated rings. The Morgan fingerprint density at radius 3 is 2.41 bits per heavy atom. The second kappa shape index (κ2) is 6.62. The SMILES string of the molecule is COc1ccc(S(=O)(=O)NC(=O)Cc2cccc(C)c2)cc1. The molecule has 0 heterocycles. The molecule has 0 aliphatic heterocycles. The topological polar surface area (TPSA) is 72.5 Å². The molecule has 0 spiro atoms. The molecule has 0 aliphatic carbocycles. The largest absolute Gasteiger partial charge is 0.497 e. The number of sulfonamides is 1. The summed E-state index contributed by atoms with van der Waals surface area (Å²) in [6, 6.07) is 13.2. The van der Waals surface area contributed by atoms with E-state index in [1.54, 1.807) is 6.07 Å². The molecule has 0 bridgehead atoms. The highest BCUT2D eigenvalue weighted by atomic mass is 32.2. The van der Waals surface area contributed by atoms with Gasteiger partial charge in [0.25, 0.3) is 10.0 Å². The first kappa shape index (κ1) is 16.0. The molecule has 0 saturated heterocycles. The van der Waals surface area contributed by atoms with Crippen molar-refractivity contribution >= 4 is 15.9 Å². The highest BCUT2D eigenvalue weighted by Gasteiger charge is 2.17. The van der Waals surface area contributed by atoms with E-state index in [1.165, 1.54) is 31.4 Å². The molecule has 2 rings (SSSR count). The monoisotopic (exact) mass is 319 g/mol. The van der Waals surface area contributed by atoms with Crippen LogP contribution in [0.4, 0.5) is 0 Å². The van der Waals surface area contributed by atoms with Gasteiger partial charge >= 0.3 is 0 Å². The standard InChI is InChI=1S/C16H17NO4S/c1-12-4-3-5-13(10-12)11-16(18)17-22(19,20)15-8-6-14(21-2)7-9-15/h3-10H,11H2,1-2H3,(H,17,18). The van der Waals surface area contributed by atoms with Gasteiger partial charge in [0.05, 0.1) is 18.4 Å². The summed E-state index contributed by atoms with van der Waals surface area (Å²) in [6.45, 7) is 1.91. The van der Waals surface area contributed by atoms with Crippen molar-refractivity contribution in [1.82, 2.24) is 4.72 Å². The third-order valence-corrected chi connectivity index (χ3v) is 4.45. The molecule has 2 aromatic carbocycles.